The van der Waals surface area contributed by atoms with Crippen molar-refractivity contribution in [3.8, 4) is 11.5 Å². The van der Waals surface area contributed by atoms with E-state index >= 15 is 0 Å². The maximum atomic E-state index is 12.0. The fourth-order valence-corrected chi connectivity index (χ4v) is 2.03. The minimum Gasteiger partial charge on any atom is -0.493 e. The number of rotatable bonds is 4. The lowest BCUT2D eigenvalue weighted by atomic mass is 10.1. The van der Waals surface area contributed by atoms with Crippen molar-refractivity contribution >= 4 is 29.1 Å². The van der Waals surface area contributed by atoms with Crippen LogP contribution in [0.15, 0.2) is 42.5 Å². The first kappa shape index (κ1) is 17.8. The first-order chi connectivity index (χ1) is 12.0. The highest BCUT2D eigenvalue weighted by atomic mass is 16.5. The summed E-state index contributed by atoms with van der Waals surface area (Å²) >= 11 is 0. The van der Waals surface area contributed by atoms with Gasteiger partial charge in [-0.3, -0.25) is 19.7 Å². The number of anilines is 2. The summed E-state index contributed by atoms with van der Waals surface area (Å²) in [5, 5.41) is 4.35. The molecule has 0 aromatic heterocycles. The molecule has 0 bridgehead atoms. The quantitative estimate of drug-likeness (QED) is 0.566. The van der Waals surface area contributed by atoms with E-state index < -0.39 is 17.7 Å². The third-order valence-corrected chi connectivity index (χ3v) is 3.28. The van der Waals surface area contributed by atoms with Crippen molar-refractivity contribution in [2.75, 3.05) is 25.3 Å². The van der Waals surface area contributed by atoms with Crippen molar-refractivity contribution in [1.29, 1.82) is 0 Å². The molecular formula is C17H17N3O5. The Morgan fingerprint density at radius 3 is 2.24 bits per heavy atom. The van der Waals surface area contributed by atoms with Crippen LogP contribution >= 0.6 is 0 Å². The van der Waals surface area contributed by atoms with Crippen LogP contribution < -0.4 is 25.8 Å². The monoisotopic (exact) mass is 343 g/mol. The summed E-state index contributed by atoms with van der Waals surface area (Å²) in [5.41, 5.74) is 6.28. The highest BCUT2D eigenvalue weighted by molar-refractivity contribution is 6.42. The van der Waals surface area contributed by atoms with Crippen LogP contribution in [0, 0.1) is 0 Å². The Morgan fingerprint density at radius 1 is 0.920 bits per heavy atom. The Kier molecular flexibility index (Phi) is 5.57. The van der Waals surface area contributed by atoms with Gasteiger partial charge in [-0.1, -0.05) is 12.1 Å². The number of para-hydroxylation sites is 1. The molecule has 0 radical (unpaired) electrons. The number of nitrogens with two attached hydrogens (primary N) is 1. The number of hydrogen-bond acceptors (Lipinski definition) is 6. The third-order valence-electron chi connectivity index (χ3n) is 3.28. The lowest BCUT2D eigenvalue weighted by Crippen LogP contribution is -2.39. The predicted octanol–water partition coefficient (Wildman–Crippen LogP) is 1.18. The number of benzene rings is 2. The molecule has 0 fully saturated rings. The van der Waals surface area contributed by atoms with Crippen molar-refractivity contribution < 1.29 is 23.9 Å². The Hall–Kier alpha value is -3.55. The van der Waals surface area contributed by atoms with E-state index in [1.54, 1.807) is 18.2 Å². The molecule has 2 aromatic carbocycles. The Balaban J connectivity index is 2.04. The van der Waals surface area contributed by atoms with E-state index in [0.29, 0.717) is 17.2 Å². The molecule has 0 spiro atoms. The molecule has 4 N–H and O–H groups in total. The van der Waals surface area contributed by atoms with Crippen LogP contribution in [0.3, 0.4) is 0 Å². The van der Waals surface area contributed by atoms with Gasteiger partial charge in [0.05, 0.1) is 19.8 Å². The van der Waals surface area contributed by atoms with E-state index in [-0.39, 0.29) is 11.3 Å². The van der Waals surface area contributed by atoms with Gasteiger partial charge in [0.25, 0.3) is 5.91 Å². The number of amides is 3. The molecule has 8 heteroatoms. The van der Waals surface area contributed by atoms with Gasteiger partial charge in [0, 0.05) is 17.4 Å². The number of hydrogen-bond donors (Lipinski definition) is 3. The molecule has 0 saturated heterocycles. The average Bonchev–Trinajstić information content (AvgIpc) is 2.61. The molecule has 130 valence electrons. The summed E-state index contributed by atoms with van der Waals surface area (Å²) in [5.74, 6) is -2.02. The molecule has 0 saturated carbocycles. The molecule has 25 heavy (non-hydrogen) atoms. The minimum absolute atomic E-state index is 0.106. The standard InChI is InChI=1S/C17H17N3O5/c1-24-13-8-7-10(9-14(13)25-2)19-16(22)17(23)20-15(21)11-5-3-4-6-12(11)18/h3-9H,18H2,1-2H3,(H,19,22)(H,20,21,23). The van der Waals surface area contributed by atoms with Crippen molar-refractivity contribution in [3.05, 3.63) is 48.0 Å². The summed E-state index contributed by atoms with van der Waals surface area (Å²) in [6, 6.07) is 10.8. The average molecular weight is 343 g/mol. The van der Waals surface area contributed by atoms with Crippen molar-refractivity contribution in [2.24, 2.45) is 0 Å². The molecule has 0 heterocycles. The van der Waals surface area contributed by atoms with Crippen LogP contribution in [0.5, 0.6) is 11.5 Å². The zero-order chi connectivity index (χ0) is 18.4. The normalized spacial score (nSPS) is 9.84. The zero-order valence-electron chi connectivity index (χ0n) is 13.7. The lowest BCUT2D eigenvalue weighted by Gasteiger charge is -2.10. The zero-order valence-corrected chi connectivity index (χ0v) is 13.7. The molecule has 3 amide bonds. The molecule has 2 rings (SSSR count). The molecular weight excluding hydrogens is 326 g/mol. The SMILES string of the molecule is COc1ccc(NC(=O)C(=O)NC(=O)c2ccccc2N)cc1OC. The van der Waals surface area contributed by atoms with Gasteiger partial charge in [-0.2, -0.15) is 0 Å². The number of ether oxygens (including phenoxy) is 2. The summed E-state index contributed by atoms with van der Waals surface area (Å²) in [6.07, 6.45) is 0. The van der Waals surface area contributed by atoms with Crippen LogP contribution in [0.1, 0.15) is 10.4 Å². The smallest absolute Gasteiger partial charge is 0.316 e. The number of carbonyl (C=O) groups is 3. The molecule has 0 unspecified atom stereocenters. The van der Waals surface area contributed by atoms with Crippen molar-refractivity contribution in [1.82, 2.24) is 5.32 Å². The van der Waals surface area contributed by atoms with Gasteiger partial charge in [-0.15, -0.1) is 0 Å². The number of methoxy groups -OCH3 is 2. The second kappa shape index (κ2) is 7.82. The van der Waals surface area contributed by atoms with E-state index in [0.717, 1.165) is 0 Å². The summed E-state index contributed by atoms with van der Waals surface area (Å²) < 4.78 is 10.2. The van der Waals surface area contributed by atoms with Crippen LogP contribution in [-0.2, 0) is 9.59 Å². The largest absolute Gasteiger partial charge is 0.493 e. The number of carbonyl (C=O) groups excluding carboxylic acids is 3. The number of nitrogen functional groups attached to an aromatic ring is 1. The molecule has 0 aliphatic rings. The Labute approximate surface area is 143 Å². The predicted molar refractivity (Wildman–Crippen MR) is 91.5 cm³/mol. The Morgan fingerprint density at radius 2 is 1.60 bits per heavy atom. The first-order valence-corrected chi connectivity index (χ1v) is 7.19. The van der Waals surface area contributed by atoms with E-state index in [1.165, 1.54) is 38.5 Å². The first-order valence-electron chi connectivity index (χ1n) is 7.19. The maximum Gasteiger partial charge on any atom is 0.316 e. The fraction of sp³-hybridized carbons (Fsp3) is 0.118. The molecule has 0 atom stereocenters. The van der Waals surface area contributed by atoms with Crippen LogP contribution in [0.25, 0.3) is 0 Å². The fourth-order valence-electron chi connectivity index (χ4n) is 2.03. The van der Waals surface area contributed by atoms with E-state index in [9.17, 15) is 14.4 Å². The van der Waals surface area contributed by atoms with Gasteiger partial charge in [0.15, 0.2) is 11.5 Å². The molecule has 0 aliphatic heterocycles. The second-order valence-electron chi connectivity index (χ2n) is 4.89. The van der Waals surface area contributed by atoms with Crippen molar-refractivity contribution in [2.45, 2.75) is 0 Å². The van der Waals surface area contributed by atoms with Gasteiger partial charge >= 0.3 is 11.8 Å². The van der Waals surface area contributed by atoms with Gasteiger partial charge in [-0.25, -0.2) is 0 Å². The molecule has 2 aromatic rings. The third kappa shape index (κ3) is 4.25. The number of nitrogens with one attached hydrogen (secondary N) is 2. The lowest BCUT2D eigenvalue weighted by molar-refractivity contribution is -0.135. The van der Waals surface area contributed by atoms with E-state index in [4.69, 9.17) is 15.2 Å². The topological polar surface area (TPSA) is 120 Å². The second-order valence-corrected chi connectivity index (χ2v) is 4.89. The van der Waals surface area contributed by atoms with Gasteiger partial charge in [0.2, 0.25) is 0 Å². The van der Waals surface area contributed by atoms with Gasteiger partial charge < -0.3 is 20.5 Å². The van der Waals surface area contributed by atoms with Crippen molar-refractivity contribution in [3.63, 3.8) is 0 Å². The summed E-state index contributed by atoms with van der Waals surface area (Å²) in [4.78, 5) is 35.8. The molecule has 0 aliphatic carbocycles. The molecule has 8 nitrogen and oxygen atoms in total. The van der Waals surface area contributed by atoms with Crippen LogP contribution in [-0.4, -0.2) is 31.9 Å². The summed E-state index contributed by atoms with van der Waals surface area (Å²) in [6.45, 7) is 0. The van der Waals surface area contributed by atoms with Crippen LogP contribution in [0.2, 0.25) is 0 Å². The van der Waals surface area contributed by atoms with E-state index in [2.05, 4.69) is 5.32 Å². The maximum absolute atomic E-state index is 12.0. The van der Waals surface area contributed by atoms with Crippen LogP contribution in [0.4, 0.5) is 11.4 Å². The van der Waals surface area contributed by atoms with E-state index in [1.807, 2.05) is 5.32 Å². The number of imide groups is 1. The van der Waals surface area contributed by atoms with Gasteiger partial charge in [0.1, 0.15) is 0 Å². The summed E-state index contributed by atoms with van der Waals surface area (Å²) in [7, 11) is 2.92. The highest BCUT2D eigenvalue weighted by Crippen LogP contribution is 2.29. The Bertz CT molecular complexity index is 820. The van der Waals surface area contributed by atoms with Gasteiger partial charge in [-0.05, 0) is 24.3 Å². The highest BCUT2D eigenvalue weighted by Gasteiger charge is 2.19. The minimum atomic E-state index is -1.11.